The Bertz CT molecular complexity index is 1080. The van der Waals surface area contributed by atoms with Crippen LogP contribution in [0, 0.1) is 16.0 Å². The lowest BCUT2D eigenvalue weighted by Crippen LogP contribution is -2.33. The number of esters is 1. The summed E-state index contributed by atoms with van der Waals surface area (Å²) in [6.07, 6.45) is 2.00. The van der Waals surface area contributed by atoms with E-state index in [2.05, 4.69) is 11.9 Å². The van der Waals surface area contributed by atoms with Crippen LogP contribution in [0.1, 0.15) is 35.8 Å². The smallest absolute Gasteiger partial charge is 0.338 e. The first-order valence-electron chi connectivity index (χ1n) is 10.2. The number of benzene rings is 2. The molecule has 31 heavy (non-hydrogen) atoms. The van der Waals surface area contributed by atoms with Crippen LogP contribution >= 0.6 is 11.3 Å². The number of thiazole rings is 1. The van der Waals surface area contributed by atoms with Gasteiger partial charge in [-0.05, 0) is 30.9 Å². The van der Waals surface area contributed by atoms with Gasteiger partial charge in [-0.15, -0.1) is 11.3 Å². The summed E-state index contributed by atoms with van der Waals surface area (Å²) in [6.45, 7) is 3.76. The van der Waals surface area contributed by atoms with Crippen molar-refractivity contribution < 1.29 is 14.5 Å². The highest BCUT2D eigenvalue weighted by molar-refractivity contribution is 7.13. The Balaban J connectivity index is 1.44. The molecule has 0 atom stereocenters. The van der Waals surface area contributed by atoms with Gasteiger partial charge in [-0.2, -0.15) is 0 Å². The number of hydrogen-bond donors (Lipinski definition) is 0. The molecule has 7 nitrogen and oxygen atoms in total. The van der Waals surface area contributed by atoms with Gasteiger partial charge < -0.3 is 9.64 Å². The monoisotopic (exact) mass is 437 g/mol. The number of ether oxygens (including phenoxy) is 1. The van der Waals surface area contributed by atoms with E-state index in [0.29, 0.717) is 17.3 Å². The molecule has 1 aliphatic rings. The van der Waals surface area contributed by atoms with Crippen LogP contribution in [0.3, 0.4) is 0 Å². The predicted molar refractivity (Wildman–Crippen MR) is 120 cm³/mol. The van der Waals surface area contributed by atoms with Gasteiger partial charge >= 0.3 is 5.97 Å². The first kappa shape index (κ1) is 21.0. The zero-order valence-corrected chi connectivity index (χ0v) is 18.0. The van der Waals surface area contributed by atoms with Crippen LogP contribution in [0.2, 0.25) is 0 Å². The van der Waals surface area contributed by atoms with Crippen molar-refractivity contribution in [1.29, 1.82) is 0 Å². The Morgan fingerprint density at radius 1 is 1.23 bits per heavy atom. The molecule has 160 valence electrons. The normalized spacial score (nSPS) is 14.4. The molecular weight excluding hydrogens is 414 g/mol. The first-order valence-corrected chi connectivity index (χ1v) is 11.1. The molecule has 3 aromatic rings. The summed E-state index contributed by atoms with van der Waals surface area (Å²) < 4.78 is 5.37. The van der Waals surface area contributed by atoms with E-state index in [1.165, 1.54) is 17.4 Å². The second kappa shape index (κ2) is 9.26. The number of aromatic nitrogens is 1. The molecule has 1 saturated heterocycles. The van der Waals surface area contributed by atoms with Gasteiger partial charge in [0.2, 0.25) is 0 Å². The molecular formula is C23H23N3O4S. The second-order valence-corrected chi connectivity index (χ2v) is 8.57. The van der Waals surface area contributed by atoms with Crippen LogP contribution in [0.15, 0.2) is 53.9 Å². The third-order valence-corrected chi connectivity index (χ3v) is 6.40. The van der Waals surface area contributed by atoms with Crippen LogP contribution in [0.5, 0.6) is 0 Å². The van der Waals surface area contributed by atoms with Gasteiger partial charge in [-0.3, -0.25) is 10.1 Å². The number of carbonyl (C=O) groups is 1. The minimum atomic E-state index is -0.601. The average molecular weight is 438 g/mol. The van der Waals surface area contributed by atoms with E-state index in [9.17, 15) is 14.9 Å². The number of nitrogens with zero attached hydrogens (tertiary/aromatic N) is 3. The molecule has 0 N–H and O–H groups in total. The summed E-state index contributed by atoms with van der Waals surface area (Å²) in [6, 6.07) is 14.3. The highest BCUT2D eigenvalue weighted by Gasteiger charge is 2.25. The zero-order chi connectivity index (χ0) is 21.8. The summed E-state index contributed by atoms with van der Waals surface area (Å²) in [5.74, 6) is 0.0221. The number of anilines is 1. The fraction of sp³-hybridized carbons (Fsp3) is 0.304. The van der Waals surface area contributed by atoms with Gasteiger partial charge in [0.15, 0.2) is 0 Å². The number of nitro groups is 1. The van der Waals surface area contributed by atoms with Crippen molar-refractivity contribution in [2.75, 3.05) is 18.0 Å². The van der Waals surface area contributed by atoms with Gasteiger partial charge in [0.25, 0.3) is 5.69 Å². The summed E-state index contributed by atoms with van der Waals surface area (Å²) in [4.78, 5) is 30.2. The van der Waals surface area contributed by atoms with Crippen LogP contribution in [0.4, 0.5) is 11.4 Å². The van der Waals surface area contributed by atoms with Crippen molar-refractivity contribution >= 4 is 28.7 Å². The van der Waals surface area contributed by atoms with E-state index in [4.69, 9.17) is 4.74 Å². The van der Waals surface area contributed by atoms with Crippen LogP contribution in [0.25, 0.3) is 10.6 Å². The first-order chi connectivity index (χ1) is 15.0. The molecule has 4 rings (SSSR count). The number of hydrogen-bond acceptors (Lipinski definition) is 7. The van der Waals surface area contributed by atoms with Crippen molar-refractivity contribution in [3.63, 3.8) is 0 Å². The minimum Gasteiger partial charge on any atom is -0.456 e. The van der Waals surface area contributed by atoms with Crippen molar-refractivity contribution in [1.82, 2.24) is 4.98 Å². The van der Waals surface area contributed by atoms with E-state index < -0.39 is 10.9 Å². The van der Waals surface area contributed by atoms with Gasteiger partial charge in [0, 0.05) is 30.1 Å². The molecule has 1 aliphatic heterocycles. The number of carbonyl (C=O) groups excluding carboxylic acids is 1. The molecule has 0 saturated carbocycles. The Labute approximate surface area is 184 Å². The fourth-order valence-electron chi connectivity index (χ4n) is 3.62. The predicted octanol–water partition coefficient (Wildman–Crippen LogP) is 5.31. The van der Waals surface area contributed by atoms with Gasteiger partial charge in [0.05, 0.1) is 16.2 Å². The van der Waals surface area contributed by atoms with Crippen molar-refractivity contribution in [2.24, 2.45) is 5.92 Å². The molecule has 0 radical (unpaired) electrons. The van der Waals surface area contributed by atoms with E-state index in [1.54, 1.807) is 12.1 Å². The zero-order valence-electron chi connectivity index (χ0n) is 17.2. The number of rotatable bonds is 6. The average Bonchev–Trinajstić information content (AvgIpc) is 3.27. The molecule has 2 heterocycles. The molecule has 0 unspecified atom stereocenters. The van der Waals surface area contributed by atoms with Crippen LogP contribution in [-0.2, 0) is 11.3 Å². The SMILES string of the molecule is CC1CCN(c2ccc(C(=O)OCc3csc(-c4ccccc4)n3)cc2[N+](=O)[O-])CC1. The highest BCUT2D eigenvalue weighted by atomic mass is 32.1. The minimum absolute atomic E-state index is 0.0156. The van der Waals surface area contributed by atoms with Gasteiger partial charge in [-0.25, -0.2) is 9.78 Å². The molecule has 1 aromatic heterocycles. The Kier molecular flexibility index (Phi) is 6.27. The van der Waals surface area contributed by atoms with Gasteiger partial charge in [-0.1, -0.05) is 37.3 Å². The van der Waals surface area contributed by atoms with Crippen molar-refractivity contribution in [3.05, 3.63) is 75.3 Å². The van der Waals surface area contributed by atoms with Crippen molar-refractivity contribution in [2.45, 2.75) is 26.4 Å². The summed E-state index contributed by atoms with van der Waals surface area (Å²) in [5.41, 5.74) is 2.30. The lowest BCUT2D eigenvalue weighted by molar-refractivity contribution is -0.384. The Morgan fingerprint density at radius 2 is 1.97 bits per heavy atom. The maximum absolute atomic E-state index is 12.5. The van der Waals surface area contributed by atoms with E-state index in [0.717, 1.165) is 36.5 Å². The van der Waals surface area contributed by atoms with E-state index in [1.807, 2.05) is 40.6 Å². The molecule has 0 amide bonds. The summed E-state index contributed by atoms with van der Waals surface area (Å²) >= 11 is 1.48. The maximum atomic E-state index is 12.5. The third-order valence-electron chi connectivity index (χ3n) is 5.46. The number of nitro benzene ring substituents is 1. The summed E-state index contributed by atoms with van der Waals surface area (Å²) in [5, 5.41) is 14.3. The van der Waals surface area contributed by atoms with E-state index in [-0.39, 0.29) is 17.9 Å². The Morgan fingerprint density at radius 3 is 2.68 bits per heavy atom. The van der Waals surface area contributed by atoms with Crippen LogP contribution in [-0.4, -0.2) is 29.0 Å². The summed E-state index contributed by atoms with van der Waals surface area (Å²) in [7, 11) is 0. The molecule has 2 aromatic carbocycles. The topological polar surface area (TPSA) is 85.6 Å². The molecule has 0 aliphatic carbocycles. The maximum Gasteiger partial charge on any atom is 0.338 e. The lowest BCUT2D eigenvalue weighted by atomic mass is 9.98. The molecule has 0 spiro atoms. The Hall–Kier alpha value is -3.26. The second-order valence-electron chi connectivity index (χ2n) is 7.72. The van der Waals surface area contributed by atoms with Gasteiger partial charge in [0.1, 0.15) is 17.3 Å². The lowest BCUT2D eigenvalue weighted by Gasteiger charge is -2.31. The van der Waals surface area contributed by atoms with Crippen LogP contribution < -0.4 is 4.90 Å². The largest absolute Gasteiger partial charge is 0.456 e. The van der Waals surface area contributed by atoms with Crippen molar-refractivity contribution in [3.8, 4) is 10.6 Å². The fourth-order valence-corrected chi connectivity index (χ4v) is 4.43. The number of piperidine rings is 1. The highest BCUT2D eigenvalue weighted by Crippen LogP contribution is 2.32. The third kappa shape index (κ3) is 4.91. The molecule has 0 bridgehead atoms. The molecule has 1 fully saturated rings. The molecule has 8 heteroatoms. The van der Waals surface area contributed by atoms with E-state index >= 15 is 0 Å². The standard InChI is InChI=1S/C23H23N3O4S/c1-16-9-11-25(12-10-16)20-8-7-18(13-21(20)26(28)29)23(27)30-14-19-15-31-22(24-19)17-5-3-2-4-6-17/h2-8,13,15-16H,9-12,14H2,1H3. The quantitative estimate of drug-likeness (QED) is 0.295.